The average Bonchev–Trinajstić information content (AvgIpc) is 2.58. The van der Waals surface area contributed by atoms with Gasteiger partial charge >= 0.3 is 0 Å². The summed E-state index contributed by atoms with van der Waals surface area (Å²) in [6, 6.07) is 8.95. The van der Waals surface area contributed by atoms with Crippen LogP contribution in [-0.2, 0) is 0 Å². The second-order valence-corrected chi connectivity index (χ2v) is 5.41. The molecule has 0 fully saturated rings. The van der Waals surface area contributed by atoms with Crippen molar-refractivity contribution >= 4 is 22.7 Å². The molecule has 130 valence electrons. The van der Waals surface area contributed by atoms with Gasteiger partial charge in [0.25, 0.3) is 0 Å². The van der Waals surface area contributed by atoms with Crippen LogP contribution in [0.3, 0.4) is 0 Å². The molecule has 2 aromatic rings. The van der Waals surface area contributed by atoms with E-state index in [0.717, 1.165) is 13.1 Å². The van der Waals surface area contributed by atoms with Gasteiger partial charge in [-0.2, -0.15) is 0 Å². The van der Waals surface area contributed by atoms with Crippen LogP contribution < -0.4 is 21.7 Å². The lowest BCUT2D eigenvalue weighted by Gasteiger charge is -2.12. The predicted molar refractivity (Wildman–Crippen MR) is 86.6 cm³/mol. The molecule has 6 heteroatoms. The number of quaternary nitrogens is 2. The van der Waals surface area contributed by atoms with Crippen LogP contribution in [0.25, 0.3) is 10.8 Å². The van der Waals surface area contributed by atoms with E-state index < -0.39 is 11.9 Å². The molecule has 0 unspecified atom stereocenters. The molecule has 0 atom stereocenters. The number of benzene rings is 2. The fourth-order valence-electron chi connectivity index (χ4n) is 2.39. The Balaban J connectivity index is 0.000000307. The highest BCUT2D eigenvalue weighted by molar-refractivity contribution is 6.11. The van der Waals surface area contributed by atoms with E-state index in [1.807, 2.05) is 0 Å². The summed E-state index contributed by atoms with van der Waals surface area (Å²) in [4.78, 5) is 21.7. The monoisotopic (exact) mass is 332 g/mol. The minimum Gasteiger partial charge on any atom is -0.545 e. The summed E-state index contributed by atoms with van der Waals surface area (Å²) in [5, 5.41) is 22.4. The van der Waals surface area contributed by atoms with Gasteiger partial charge < -0.3 is 31.3 Å². The normalized spacial score (nSPS) is 10.1. The second-order valence-electron chi connectivity index (χ2n) is 5.41. The van der Waals surface area contributed by atoms with Gasteiger partial charge in [-0.05, 0) is 36.5 Å². The number of carbonyl (C=O) groups excluding carboxylic acids is 2. The summed E-state index contributed by atoms with van der Waals surface area (Å²) in [7, 11) is 0. The van der Waals surface area contributed by atoms with E-state index >= 15 is 0 Å². The maximum Gasteiger partial charge on any atom is 0.0739 e. The molecule has 0 spiro atoms. The Morgan fingerprint density at radius 1 is 0.750 bits per heavy atom. The first-order valence-electron chi connectivity index (χ1n) is 8.05. The zero-order chi connectivity index (χ0) is 17.9. The van der Waals surface area contributed by atoms with Gasteiger partial charge in [-0.25, -0.2) is 0 Å². The fourth-order valence-corrected chi connectivity index (χ4v) is 2.39. The fraction of sp³-hybridized carbons (Fsp3) is 0.333. The number of aromatic carboxylic acids is 2. The van der Waals surface area contributed by atoms with Crippen LogP contribution in [0.5, 0.6) is 0 Å². The van der Waals surface area contributed by atoms with Crippen LogP contribution in [0.1, 0.15) is 46.4 Å². The van der Waals surface area contributed by atoms with Crippen molar-refractivity contribution in [3.05, 3.63) is 47.5 Å². The van der Waals surface area contributed by atoms with Crippen LogP contribution in [0, 0.1) is 0 Å². The van der Waals surface area contributed by atoms with Crippen LogP contribution in [-0.4, -0.2) is 25.0 Å². The van der Waals surface area contributed by atoms with Crippen LogP contribution in [0.15, 0.2) is 36.4 Å². The third-order valence-corrected chi connectivity index (χ3v) is 3.59. The summed E-state index contributed by atoms with van der Waals surface area (Å²) in [6.07, 6.45) is 5.28. The lowest BCUT2D eigenvalue weighted by Crippen LogP contribution is -2.50. The van der Waals surface area contributed by atoms with Gasteiger partial charge in [0.1, 0.15) is 0 Å². The largest absolute Gasteiger partial charge is 0.545 e. The zero-order valence-electron chi connectivity index (χ0n) is 13.8. The molecule has 0 saturated carbocycles. The second kappa shape index (κ2) is 10.4. The van der Waals surface area contributed by atoms with Crippen molar-refractivity contribution in [3.63, 3.8) is 0 Å². The highest BCUT2D eigenvalue weighted by Gasteiger charge is 2.07. The average molecular weight is 332 g/mol. The standard InChI is InChI=1S/C12H8O4.C6H16N2/c13-11(14)8-5-1-3-7-4-2-6-9(10(7)8)12(15)16;7-5-3-1-2-4-6-8/h1-6H,(H,13,14)(H,15,16);1-8H2. The number of carboxylic acid groups (broad SMARTS) is 2. The topological polar surface area (TPSA) is 136 Å². The number of hydrogen-bond donors (Lipinski definition) is 2. The smallest absolute Gasteiger partial charge is 0.0739 e. The first-order chi connectivity index (χ1) is 11.5. The molecule has 0 amide bonds. The van der Waals surface area contributed by atoms with E-state index in [1.165, 1.54) is 49.9 Å². The van der Waals surface area contributed by atoms with E-state index in [0.29, 0.717) is 5.39 Å². The lowest BCUT2D eigenvalue weighted by molar-refractivity contribution is -0.371. The molecule has 0 aromatic heterocycles. The molecule has 6 N–H and O–H groups in total. The van der Waals surface area contributed by atoms with Crippen molar-refractivity contribution < 1.29 is 31.3 Å². The van der Waals surface area contributed by atoms with E-state index in [1.54, 1.807) is 12.1 Å². The molecule has 2 aromatic carbocycles. The molecule has 2 rings (SSSR count). The van der Waals surface area contributed by atoms with Gasteiger partial charge in [0.05, 0.1) is 25.0 Å². The minimum absolute atomic E-state index is 0.141. The van der Waals surface area contributed by atoms with Crippen molar-refractivity contribution in [2.24, 2.45) is 0 Å². The maximum absolute atomic E-state index is 10.9. The molecule has 24 heavy (non-hydrogen) atoms. The van der Waals surface area contributed by atoms with Gasteiger partial charge in [-0.1, -0.05) is 36.4 Å². The Bertz CT molecular complexity index is 631. The Labute approximate surface area is 141 Å². The van der Waals surface area contributed by atoms with Crippen molar-refractivity contribution in [1.29, 1.82) is 0 Å². The van der Waals surface area contributed by atoms with Gasteiger partial charge in [0.2, 0.25) is 0 Å². The Morgan fingerprint density at radius 2 is 1.17 bits per heavy atom. The molecule has 0 radical (unpaired) electrons. The highest BCUT2D eigenvalue weighted by atomic mass is 16.4. The Kier molecular flexibility index (Phi) is 8.46. The third-order valence-electron chi connectivity index (χ3n) is 3.59. The molecule has 6 nitrogen and oxygen atoms in total. The van der Waals surface area contributed by atoms with Crippen molar-refractivity contribution in [2.75, 3.05) is 13.1 Å². The van der Waals surface area contributed by atoms with E-state index in [-0.39, 0.29) is 16.5 Å². The van der Waals surface area contributed by atoms with E-state index in [4.69, 9.17) is 0 Å². The Hall–Kier alpha value is -2.44. The van der Waals surface area contributed by atoms with Crippen molar-refractivity contribution in [1.82, 2.24) is 0 Å². The van der Waals surface area contributed by atoms with Gasteiger partial charge in [-0.15, -0.1) is 0 Å². The number of unbranched alkanes of at least 4 members (excludes halogenated alkanes) is 3. The molecule has 0 aliphatic rings. The number of carboxylic acids is 2. The molecule has 0 aliphatic heterocycles. The first kappa shape index (κ1) is 19.6. The molecular weight excluding hydrogens is 308 g/mol. The van der Waals surface area contributed by atoms with Gasteiger partial charge in [0, 0.05) is 11.1 Å². The number of rotatable bonds is 7. The lowest BCUT2D eigenvalue weighted by atomic mass is 9.99. The predicted octanol–water partition coefficient (Wildman–Crippen LogP) is -1.40. The van der Waals surface area contributed by atoms with Crippen molar-refractivity contribution in [2.45, 2.75) is 25.7 Å². The number of hydrogen-bond acceptors (Lipinski definition) is 4. The molecular formula is C18H24N2O4. The molecule has 0 aliphatic carbocycles. The van der Waals surface area contributed by atoms with Gasteiger partial charge in [0.15, 0.2) is 0 Å². The number of fused-ring (bicyclic) bond motifs is 1. The van der Waals surface area contributed by atoms with Crippen LogP contribution in [0.4, 0.5) is 0 Å². The summed E-state index contributed by atoms with van der Waals surface area (Å²) in [5.74, 6) is -2.81. The Morgan fingerprint density at radius 3 is 1.50 bits per heavy atom. The summed E-state index contributed by atoms with van der Waals surface area (Å²) in [6.45, 7) is 2.19. The quantitative estimate of drug-likeness (QED) is 0.602. The van der Waals surface area contributed by atoms with Gasteiger partial charge in [-0.3, -0.25) is 0 Å². The van der Waals surface area contributed by atoms with Crippen LogP contribution in [0.2, 0.25) is 0 Å². The molecule has 0 bridgehead atoms. The molecule has 0 saturated heterocycles. The zero-order valence-corrected chi connectivity index (χ0v) is 13.8. The highest BCUT2D eigenvalue weighted by Crippen LogP contribution is 2.22. The molecule has 0 heterocycles. The summed E-state index contributed by atoms with van der Waals surface area (Å²) >= 11 is 0. The van der Waals surface area contributed by atoms with Crippen molar-refractivity contribution in [3.8, 4) is 0 Å². The van der Waals surface area contributed by atoms with Crippen LogP contribution >= 0.6 is 0 Å². The third kappa shape index (κ3) is 5.64. The first-order valence-corrected chi connectivity index (χ1v) is 8.05. The number of carbonyl (C=O) groups is 2. The summed E-state index contributed by atoms with van der Waals surface area (Å²) < 4.78 is 0. The SMILES string of the molecule is O=C([O-])c1cccc2cccc(C(=O)[O-])c12.[NH3+]CCCCCC[NH3+]. The van der Waals surface area contributed by atoms with E-state index in [2.05, 4.69) is 11.5 Å². The maximum atomic E-state index is 10.9. The summed E-state index contributed by atoms with van der Waals surface area (Å²) in [5.41, 5.74) is 7.25. The minimum atomic E-state index is -1.40. The van der Waals surface area contributed by atoms with E-state index in [9.17, 15) is 19.8 Å².